The lowest BCUT2D eigenvalue weighted by Gasteiger charge is -2.16. The van der Waals surface area contributed by atoms with E-state index < -0.39 is 7.82 Å². The van der Waals surface area contributed by atoms with Gasteiger partial charge in [0.1, 0.15) is 0 Å². The van der Waals surface area contributed by atoms with Crippen LogP contribution in [0, 0.1) is 0 Å². The van der Waals surface area contributed by atoms with Crippen molar-refractivity contribution in [1.82, 2.24) is 0 Å². The quantitative estimate of drug-likeness (QED) is 0.493. The first kappa shape index (κ1) is 15.1. The Morgan fingerprint density at radius 2 is 1.93 bits per heavy atom. The molecule has 0 aromatic rings. The molecule has 0 rings (SSSR count). The normalized spacial score (nSPS) is 17.3. The van der Waals surface area contributed by atoms with Gasteiger partial charge in [0.25, 0.3) is 0 Å². The minimum absolute atomic E-state index is 0.191. The average molecular weight is 238 g/mol. The summed E-state index contributed by atoms with van der Waals surface area (Å²) in [5.74, 6) is 0. The summed E-state index contributed by atoms with van der Waals surface area (Å²) in [6.07, 6.45) is 5.15. The molecule has 0 aromatic heterocycles. The summed E-state index contributed by atoms with van der Waals surface area (Å²) in [6, 6.07) is 0. The van der Waals surface area contributed by atoms with Crippen molar-refractivity contribution in [2.45, 2.75) is 59.0 Å². The lowest BCUT2D eigenvalue weighted by molar-refractivity contribution is 0.110. The van der Waals surface area contributed by atoms with Crippen LogP contribution in [0.4, 0.5) is 0 Å². The number of phosphoric ester groups is 1. The highest BCUT2D eigenvalue weighted by Crippen LogP contribution is 2.44. The van der Waals surface area contributed by atoms with Crippen LogP contribution in [0.3, 0.4) is 0 Å². The lowest BCUT2D eigenvalue weighted by Crippen LogP contribution is -2.07. The third kappa shape index (κ3) is 9.06. The van der Waals surface area contributed by atoms with Gasteiger partial charge in [-0.05, 0) is 20.3 Å². The first-order chi connectivity index (χ1) is 7.02. The molecule has 2 atom stereocenters. The number of unbranched alkanes of at least 4 members (excludes halogenated alkanes) is 3. The molecular weight excluding hydrogens is 215 g/mol. The predicted molar refractivity (Wildman–Crippen MR) is 60.8 cm³/mol. The van der Waals surface area contributed by atoms with E-state index in [1.165, 1.54) is 12.8 Å². The Labute approximate surface area is 92.6 Å². The molecule has 0 saturated heterocycles. The molecule has 1 N–H and O–H groups in total. The van der Waals surface area contributed by atoms with Crippen molar-refractivity contribution in [3.8, 4) is 0 Å². The zero-order valence-electron chi connectivity index (χ0n) is 9.94. The van der Waals surface area contributed by atoms with E-state index in [1.54, 1.807) is 13.8 Å². The van der Waals surface area contributed by atoms with E-state index in [9.17, 15) is 9.46 Å². The summed E-state index contributed by atoms with van der Waals surface area (Å²) in [5.41, 5.74) is 0. The van der Waals surface area contributed by atoms with Crippen LogP contribution in [-0.4, -0.2) is 17.6 Å². The van der Waals surface area contributed by atoms with Gasteiger partial charge in [0.15, 0.2) is 0 Å². The molecule has 15 heavy (non-hydrogen) atoms. The van der Waals surface area contributed by atoms with Crippen LogP contribution >= 0.6 is 7.82 Å². The van der Waals surface area contributed by atoms with E-state index in [2.05, 4.69) is 11.4 Å². The van der Waals surface area contributed by atoms with E-state index in [0.717, 1.165) is 19.3 Å². The molecule has 0 radical (unpaired) electrons. The van der Waals surface area contributed by atoms with Crippen LogP contribution in [0.25, 0.3) is 0 Å². The van der Waals surface area contributed by atoms with E-state index in [0.29, 0.717) is 0 Å². The van der Waals surface area contributed by atoms with Crippen molar-refractivity contribution in [3.05, 3.63) is 0 Å². The van der Waals surface area contributed by atoms with Gasteiger partial charge in [-0.3, -0.25) is 9.05 Å². The summed E-state index contributed by atoms with van der Waals surface area (Å²) >= 11 is 0. The predicted octanol–water partition coefficient (Wildman–Crippen LogP) is 3.50. The smallest absolute Gasteiger partial charge is 0.302 e. The van der Waals surface area contributed by atoms with Gasteiger partial charge in [-0.15, -0.1) is 0 Å². The minimum atomic E-state index is -3.80. The molecule has 5 heteroatoms. The molecule has 0 aliphatic rings. The van der Waals surface area contributed by atoms with Gasteiger partial charge >= 0.3 is 7.82 Å². The van der Waals surface area contributed by atoms with Gasteiger partial charge in [0, 0.05) is 0 Å². The zero-order valence-corrected chi connectivity index (χ0v) is 10.8. The van der Waals surface area contributed by atoms with Gasteiger partial charge in [0.2, 0.25) is 0 Å². The monoisotopic (exact) mass is 238 g/mol. The Balaban J connectivity index is 3.63. The van der Waals surface area contributed by atoms with Crippen molar-refractivity contribution in [2.75, 3.05) is 6.61 Å². The second kappa shape index (κ2) is 8.28. The maximum Gasteiger partial charge on any atom is 0.472 e. The molecule has 0 aliphatic carbocycles. The highest BCUT2D eigenvalue weighted by Gasteiger charge is 2.22. The maximum atomic E-state index is 11.2. The van der Waals surface area contributed by atoms with Crippen molar-refractivity contribution in [2.24, 2.45) is 0 Å². The lowest BCUT2D eigenvalue weighted by atomic mass is 10.1. The van der Waals surface area contributed by atoms with Crippen molar-refractivity contribution >= 4 is 7.82 Å². The maximum absolute atomic E-state index is 11.2. The molecule has 0 aromatic carbocycles. The average Bonchev–Trinajstić information content (AvgIpc) is 2.11. The van der Waals surface area contributed by atoms with E-state index in [4.69, 9.17) is 4.52 Å². The summed E-state index contributed by atoms with van der Waals surface area (Å²) in [4.78, 5) is 9.20. The third-order valence-corrected chi connectivity index (χ3v) is 3.28. The first-order valence-corrected chi connectivity index (χ1v) is 7.17. The Bertz CT molecular complexity index is 196. The molecule has 0 heterocycles. The summed E-state index contributed by atoms with van der Waals surface area (Å²) < 4.78 is 20.8. The fourth-order valence-corrected chi connectivity index (χ4v) is 2.28. The zero-order chi connectivity index (χ0) is 11.7. The second-order valence-corrected chi connectivity index (χ2v) is 5.06. The topological polar surface area (TPSA) is 55.8 Å². The fourth-order valence-electron chi connectivity index (χ4n) is 1.33. The number of phosphoric acid groups is 1. The number of hydrogen-bond donors (Lipinski definition) is 1. The van der Waals surface area contributed by atoms with Gasteiger partial charge in [-0.2, -0.15) is 0 Å². The Hall–Kier alpha value is 0.110. The molecule has 2 unspecified atom stereocenters. The summed E-state index contributed by atoms with van der Waals surface area (Å²) in [7, 11) is -3.80. The molecule has 92 valence electrons. The molecule has 0 saturated carbocycles. The van der Waals surface area contributed by atoms with Crippen LogP contribution in [0.1, 0.15) is 52.9 Å². The SMILES string of the molecule is CCCCCCC(C)OP(=O)(O)OCC. The minimum Gasteiger partial charge on any atom is -0.302 e. The standard InChI is InChI=1S/C10H23O4P/c1-4-6-7-8-9-10(3)14-15(11,12)13-5-2/h10H,4-9H2,1-3H3,(H,11,12). The molecule has 0 aliphatic heterocycles. The number of hydrogen-bond acceptors (Lipinski definition) is 3. The van der Waals surface area contributed by atoms with Crippen LogP contribution in [-0.2, 0) is 13.6 Å². The number of rotatable bonds is 9. The summed E-state index contributed by atoms with van der Waals surface area (Å²) in [5, 5.41) is 0. The highest BCUT2D eigenvalue weighted by molar-refractivity contribution is 7.47. The van der Waals surface area contributed by atoms with Crippen molar-refractivity contribution in [3.63, 3.8) is 0 Å². The highest BCUT2D eigenvalue weighted by atomic mass is 31.2. The van der Waals surface area contributed by atoms with Crippen LogP contribution in [0.2, 0.25) is 0 Å². The Kier molecular flexibility index (Phi) is 8.34. The Morgan fingerprint density at radius 1 is 1.27 bits per heavy atom. The van der Waals surface area contributed by atoms with E-state index in [-0.39, 0.29) is 12.7 Å². The van der Waals surface area contributed by atoms with Gasteiger partial charge in [-0.1, -0.05) is 32.6 Å². The van der Waals surface area contributed by atoms with Crippen molar-refractivity contribution in [1.29, 1.82) is 0 Å². The molecule has 0 amide bonds. The van der Waals surface area contributed by atoms with Gasteiger partial charge in [0.05, 0.1) is 12.7 Å². The van der Waals surface area contributed by atoms with Crippen LogP contribution in [0.5, 0.6) is 0 Å². The molecule has 0 bridgehead atoms. The summed E-state index contributed by atoms with van der Waals surface area (Å²) in [6.45, 7) is 5.80. The molecule has 0 spiro atoms. The fraction of sp³-hybridized carbons (Fsp3) is 1.00. The van der Waals surface area contributed by atoms with E-state index in [1.807, 2.05) is 0 Å². The van der Waals surface area contributed by atoms with Crippen LogP contribution in [0.15, 0.2) is 0 Å². The molecule has 4 nitrogen and oxygen atoms in total. The molecule has 0 fully saturated rings. The van der Waals surface area contributed by atoms with Gasteiger partial charge in [-0.25, -0.2) is 4.57 Å². The van der Waals surface area contributed by atoms with E-state index >= 15 is 0 Å². The Morgan fingerprint density at radius 3 is 2.47 bits per heavy atom. The second-order valence-electron chi connectivity index (χ2n) is 3.65. The molecular formula is C10H23O4P. The largest absolute Gasteiger partial charge is 0.472 e. The van der Waals surface area contributed by atoms with Gasteiger partial charge < -0.3 is 4.89 Å². The first-order valence-electron chi connectivity index (χ1n) is 5.67. The van der Waals surface area contributed by atoms with Crippen molar-refractivity contribution < 1.29 is 18.5 Å². The third-order valence-electron chi connectivity index (χ3n) is 2.07. The van der Waals surface area contributed by atoms with Crippen LogP contribution < -0.4 is 0 Å².